The number of carbonyl (C=O) groups is 2. The van der Waals surface area contributed by atoms with Gasteiger partial charge in [0.15, 0.2) is 6.10 Å². The zero-order chi connectivity index (χ0) is 53.1. The molecule has 0 heterocycles. The number of phosphoric acid groups is 1. The van der Waals surface area contributed by atoms with Gasteiger partial charge in [0.1, 0.15) is 6.61 Å². The Morgan fingerprint density at radius 2 is 0.712 bits per heavy atom. The predicted octanol–water partition coefficient (Wildman–Crippen LogP) is 18.8. The number of unbranched alkanes of at least 4 members (excludes halogenated alkanes) is 26. The van der Waals surface area contributed by atoms with E-state index < -0.39 is 26.5 Å². The molecule has 0 saturated heterocycles. The van der Waals surface area contributed by atoms with Crippen LogP contribution in [0.15, 0.2) is 97.2 Å². The number of phosphoric ester groups is 1. The van der Waals surface area contributed by atoms with Crippen molar-refractivity contribution in [3.63, 3.8) is 0 Å². The molecular weight excluding hydrogens is 930 g/mol. The summed E-state index contributed by atoms with van der Waals surface area (Å²) in [6.45, 7) is 3.53. The van der Waals surface area contributed by atoms with E-state index in [2.05, 4.69) is 111 Å². The van der Waals surface area contributed by atoms with Gasteiger partial charge in [0, 0.05) is 19.4 Å². The van der Waals surface area contributed by atoms with Crippen molar-refractivity contribution in [3.05, 3.63) is 97.2 Å². The quantitative estimate of drug-likeness (QED) is 0.0264. The highest BCUT2D eigenvalue weighted by Gasteiger charge is 2.26. The summed E-state index contributed by atoms with van der Waals surface area (Å²) < 4.78 is 33.1. The number of esters is 2. The first-order chi connectivity index (χ1) is 35.8. The molecule has 0 aromatic heterocycles. The van der Waals surface area contributed by atoms with Crippen LogP contribution in [-0.2, 0) is 32.7 Å². The molecule has 3 N–H and O–H groups in total. The zero-order valence-corrected chi connectivity index (χ0v) is 47.7. The Hall–Kier alpha value is -3.07. The van der Waals surface area contributed by atoms with E-state index in [1.54, 1.807) is 0 Å². The maximum absolute atomic E-state index is 12.7. The molecule has 0 rings (SSSR count). The van der Waals surface area contributed by atoms with E-state index >= 15 is 0 Å². The minimum atomic E-state index is -4.39. The largest absolute Gasteiger partial charge is 0.472 e. The van der Waals surface area contributed by atoms with E-state index in [9.17, 15) is 19.0 Å². The highest BCUT2D eigenvalue weighted by Crippen LogP contribution is 2.43. The third-order valence-electron chi connectivity index (χ3n) is 12.5. The molecule has 0 spiro atoms. The fourth-order valence-electron chi connectivity index (χ4n) is 8.15. The van der Waals surface area contributed by atoms with E-state index in [4.69, 9.17) is 24.3 Å². The lowest BCUT2D eigenvalue weighted by Gasteiger charge is -2.19. The van der Waals surface area contributed by atoms with Gasteiger partial charge in [-0.25, -0.2) is 4.57 Å². The fourth-order valence-corrected chi connectivity index (χ4v) is 8.91. The topological polar surface area (TPSA) is 134 Å². The molecule has 2 unspecified atom stereocenters. The van der Waals surface area contributed by atoms with Crippen LogP contribution in [-0.4, -0.2) is 49.3 Å². The number of ether oxygens (including phenoxy) is 2. The van der Waals surface area contributed by atoms with Crippen LogP contribution in [0.3, 0.4) is 0 Å². The van der Waals surface area contributed by atoms with E-state index in [0.29, 0.717) is 6.42 Å². The maximum Gasteiger partial charge on any atom is 0.472 e. The fraction of sp³-hybridized carbons (Fsp3) is 0.714. The lowest BCUT2D eigenvalue weighted by Crippen LogP contribution is -2.29. The molecule has 0 fully saturated rings. The van der Waals surface area contributed by atoms with Crippen molar-refractivity contribution >= 4 is 19.8 Å². The Labute approximate surface area is 448 Å². The van der Waals surface area contributed by atoms with E-state index in [0.717, 1.165) is 103 Å². The molecule has 0 aromatic carbocycles. The summed E-state index contributed by atoms with van der Waals surface area (Å²) in [5.74, 6) is -0.834. The predicted molar refractivity (Wildman–Crippen MR) is 312 cm³/mol. The molecule has 0 bridgehead atoms. The first kappa shape index (κ1) is 69.9. The average molecular weight is 1040 g/mol. The van der Waals surface area contributed by atoms with Crippen molar-refractivity contribution in [2.45, 2.75) is 264 Å². The van der Waals surface area contributed by atoms with Crippen LogP contribution in [0.2, 0.25) is 0 Å². The third kappa shape index (κ3) is 58.1. The van der Waals surface area contributed by atoms with Gasteiger partial charge in [0.05, 0.1) is 13.2 Å². The molecule has 73 heavy (non-hydrogen) atoms. The Balaban J connectivity index is 3.94. The second-order valence-corrected chi connectivity index (χ2v) is 20.9. The van der Waals surface area contributed by atoms with E-state index in [-0.39, 0.29) is 38.6 Å². The minimum Gasteiger partial charge on any atom is -0.462 e. The summed E-state index contributed by atoms with van der Waals surface area (Å²) in [6, 6.07) is 0. The van der Waals surface area contributed by atoms with Gasteiger partial charge in [0.25, 0.3) is 0 Å². The van der Waals surface area contributed by atoms with Crippen LogP contribution in [0, 0.1) is 0 Å². The standard InChI is InChI=1S/C63H110NO8P/c1-3-5-7-9-11-13-15-17-19-21-23-25-26-27-28-29-30-31-32-33-34-36-38-40-42-44-46-48-50-52-54-56-63(66)72-61(60-71-73(67,68)70-58-57-64)59-69-62(65)55-53-51-49-47-45-43-41-39-37-35-24-22-20-18-16-14-12-10-8-6-4-2/h5-8,11-14,17-20,23-25,35,61H,3-4,9-10,15-16,21-22,26-34,36-60,64H2,1-2H3,(H,67,68)/b7-5-,8-6-,13-11-,14-12-,19-17-,20-18-,25-23-,35-24-. The van der Waals surface area contributed by atoms with Gasteiger partial charge in [-0.3, -0.25) is 18.6 Å². The summed E-state index contributed by atoms with van der Waals surface area (Å²) in [4.78, 5) is 35.2. The summed E-state index contributed by atoms with van der Waals surface area (Å²) in [6.07, 6.45) is 77.5. The SMILES string of the molecule is CC/C=C\C/C=C\C/C=C\C/C=C\CCCCCCCCCCCCCCCCCCCCC(=O)OC(COC(=O)CCCCCCCCCC/C=C\C/C=C\C/C=C\C/C=C\CC)COP(=O)(O)OCCN. The Bertz CT molecular complexity index is 1510. The summed E-state index contributed by atoms with van der Waals surface area (Å²) in [7, 11) is -4.39. The smallest absolute Gasteiger partial charge is 0.462 e. The van der Waals surface area contributed by atoms with Gasteiger partial charge < -0.3 is 20.1 Å². The molecule has 0 amide bonds. The van der Waals surface area contributed by atoms with E-state index in [1.807, 2.05) is 0 Å². The highest BCUT2D eigenvalue weighted by atomic mass is 31.2. The maximum atomic E-state index is 12.7. The molecule has 10 heteroatoms. The summed E-state index contributed by atoms with van der Waals surface area (Å²) in [5, 5.41) is 0. The van der Waals surface area contributed by atoms with Crippen LogP contribution < -0.4 is 5.73 Å². The van der Waals surface area contributed by atoms with Gasteiger partial charge >= 0.3 is 19.8 Å². The molecule has 420 valence electrons. The Morgan fingerprint density at radius 1 is 0.411 bits per heavy atom. The van der Waals surface area contributed by atoms with Gasteiger partial charge in [-0.15, -0.1) is 0 Å². The Kier molecular flexibility index (Phi) is 55.7. The number of hydrogen-bond donors (Lipinski definition) is 2. The van der Waals surface area contributed by atoms with Crippen LogP contribution in [0.5, 0.6) is 0 Å². The van der Waals surface area contributed by atoms with Gasteiger partial charge in [-0.1, -0.05) is 252 Å². The molecule has 0 radical (unpaired) electrons. The number of nitrogens with two attached hydrogens (primary N) is 1. The molecule has 0 aromatic rings. The van der Waals surface area contributed by atoms with Gasteiger partial charge in [-0.05, 0) is 89.9 Å². The van der Waals surface area contributed by atoms with Crippen molar-refractivity contribution in [2.24, 2.45) is 5.73 Å². The highest BCUT2D eigenvalue weighted by molar-refractivity contribution is 7.47. The third-order valence-corrected chi connectivity index (χ3v) is 13.4. The molecule has 9 nitrogen and oxygen atoms in total. The molecular formula is C63H110NO8P. The average Bonchev–Trinajstić information content (AvgIpc) is 3.38. The molecule has 0 aliphatic heterocycles. The first-order valence-corrected chi connectivity index (χ1v) is 31.2. The number of rotatable bonds is 55. The second kappa shape index (κ2) is 58.2. The molecule has 2 atom stereocenters. The Morgan fingerprint density at radius 3 is 1.05 bits per heavy atom. The van der Waals surface area contributed by atoms with Crippen molar-refractivity contribution in [3.8, 4) is 0 Å². The normalized spacial score (nSPS) is 13.8. The first-order valence-electron chi connectivity index (χ1n) is 29.7. The summed E-state index contributed by atoms with van der Waals surface area (Å²) >= 11 is 0. The van der Waals surface area contributed by atoms with Crippen molar-refractivity contribution in [2.75, 3.05) is 26.4 Å². The van der Waals surface area contributed by atoms with Crippen LogP contribution in [0.1, 0.15) is 258 Å². The minimum absolute atomic E-state index is 0.0491. The van der Waals surface area contributed by atoms with Crippen molar-refractivity contribution in [1.82, 2.24) is 0 Å². The molecule has 0 aliphatic carbocycles. The van der Waals surface area contributed by atoms with Gasteiger partial charge in [-0.2, -0.15) is 0 Å². The van der Waals surface area contributed by atoms with Crippen LogP contribution in [0.25, 0.3) is 0 Å². The van der Waals surface area contributed by atoms with Crippen LogP contribution in [0.4, 0.5) is 0 Å². The summed E-state index contributed by atoms with van der Waals surface area (Å²) in [5.41, 5.74) is 5.38. The number of carbonyl (C=O) groups excluding carboxylic acids is 2. The number of hydrogen-bond acceptors (Lipinski definition) is 8. The van der Waals surface area contributed by atoms with Gasteiger partial charge in [0.2, 0.25) is 0 Å². The molecule has 0 aliphatic rings. The number of allylic oxidation sites excluding steroid dienone is 16. The van der Waals surface area contributed by atoms with E-state index in [1.165, 1.54) is 122 Å². The molecule has 0 saturated carbocycles. The lowest BCUT2D eigenvalue weighted by atomic mass is 10.0. The van der Waals surface area contributed by atoms with Crippen LogP contribution >= 0.6 is 7.82 Å². The van der Waals surface area contributed by atoms with Crippen molar-refractivity contribution < 1.29 is 37.6 Å². The lowest BCUT2D eigenvalue weighted by molar-refractivity contribution is -0.161. The van der Waals surface area contributed by atoms with Crippen molar-refractivity contribution in [1.29, 1.82) is 0 Å². The zero-order valence-electron chi connectivity index (χ0n) is 46.8. The monoisotopic (exact) mass is 1040 g/mol. The second-order valence-electron chi connectivity index (χ2n) is 19.5.